The van der Waals surface area contributed by atoms with Crippen molar-refractivity contribution in [3.05, 3.63) is 57.8 Å². The maximum atomic E-state index is 6.41. The first-order chi connectivity index (χ1) is 9.86. The molecule has 112 valence electrons. The average Bonchev–Trinajstić information content (AvgIpc) is 2.47. The molecule has 4 N–H and O–H groups in total. The quantitative estimate of drug-likeness (QED) is 0.846. The zero-order valence-corrected chi connectivity index (χ0v) is 13.3. The first-order valence-electron chi connectivity index (χ1n) is 6.36. The topological polar surface area (TPSA) is 74.2 Å². The summed E-state index contributed by atoms with van der Waals surface area (Å²) >= 11 is 11.8. The number of hydrogen-bond donors (Lipinski definition) is 2. The molecule has 21 heavy (non-hydrogen) atoms. The molecule has 2 aromatic rings. The van der Waals surface area contributed by atoms with Gasteiger partial charge in [0.1, 0.15) is 10.9 Å². The second-order valence-corrected chi connectivity index (χ2v) is 5.82. The molecule has 0 aliphatic carbocycles. The molecule has 1 unspecified atom stereocenters. The smallest absolute Gasteiger partial charge is 0.137 e. The Morgan fingerprint density at radius 3 is 2.52 bits per heavy atom. The summed E-state index contributed by atoms with van der Waals surface area (Å²) in [5.74, 6) is 0.564. The Morgan fingerprint density at radius 1 is 1.24 bits per heavy atom. The summed E-state index contributed by atoms with van der Waals surface area (Å²) in [6.45, 7) is 1.85. The summed E-state index contributed by atoms with van der Waals surface area (Å²) in [5.41, 5.74) is 13.6. The largest absolute Gasteiger partial charge is 0.495 e. The van der Waals surface area contributed by atoms with E-state index in [0.29, 0.717) is 15.9 Å². The van der Waals surface area contributed by atoms with E-state index in [1.807, 2.05) is 19.1 Å². The van der Waals surface area contributed by atoms with Crippen molar-refractivity contribution in [2.75, 3.05) is 7.11 Å². The van der Waals surface area contributed by atoms with Crippen molar-refractivity contribution >= 4 is 23.2 Å². The van der Waals surface area contributed by atoms with Crippen LogP contribution in [0.5, 0.6) is 5.75 Å². The van der Waals surface area contributed by atoms with E-state index in [-0.39, 0.29) is 0 Å². The Labute approximate surface area is 134 Å². The predicted molar refractivity (Wildman–Crippen MR) is 85.7 cm³/mol. The molecular weight excluding hydrogens is 309 g/mol. The second-order valence-electron chi connectivity index (χ2n) is 5.02. The number of hydrogen-bond acceptors (Lipinski definition) is 4. The van der Waals surface area contributed by atoms with Gasteiger partial charge in [0.15, 0.2) is 0 Å². The Hall–Kier alpha value is -1.33. The number of pyridine rings is 1. The highest BCUT2D eigenvalue weighted by Crippen LogP contribution is 2.34. The zero-order chi connectivity index (χ0) is 15.6. The van der Waals surface area contributed by atoms with Crippen LogP contribution in [0, 0.1) is 0 Å². The Morgan fingerprint density at radius 2 is 1.95 bits per heavy atom. The molecule has 0 spiro atoms. The summed E-state index contributed by atoms with van der Waals surface area (Å²) in [5, 5.41) is 0.941. The average molecular weight is 326 g/mol. The monoisotopic (exact) mass is 325 g/mol. The van der Waals surface area contributed by atoms with Crippen LogP contribution < -0.4 is 16.2 Å². The fraction of sp³-hybridized carbons (Fsp3) is 0.267. The minimum absolute atomic E-state index is 0.413. The van der Waals surface area contributed by atoms with E-state index in [9.17, 15) is 0 Å². The molecule has 2 atom stereocenters. The van der Waals surface area contributed by atoms with Crippen molar-refractivity contribution in [2.45, 2.75) is 18.5 Å². The van der Waals surface area contributed by atoms with Crippen molar-refractivity contribution in [1.29, 1.82) is 0 Å². The standard InChI is InChI=1S/C15H17Cl2N3O/c1-15(19,10-4-6-13(17)20-8-10)14(18)9-3-5-11(16)12(7-9)21-2/h3-8,14H,18-19H2,1-2H3/t14?,15-/m0/s1. The molecule has 1 aromatic heterocycles. The molecule has 0 saturated carbocycles. The Bertz CT molecular complexity index is 629. The van der Waals surface area contributed by atoms with Crippen LogP contribution in [-0.2, 0) is 5.54 Å². The van der Waals surface area contributed by atoms with Gasteiger partial charge < -0.3 is 16.2 Å². The lowest BCUT2D eigenvalue weighted by Crippen LogP contribution is -2.44. The summed E-state index contributed by atoms with van der Waals surface area (Å²) in [4.78, 5) is 4.05. The van der Waals surface area contributed by atoms with E-state index in [1.54, 1.807) is 31.5 Å². The number of benzene rings is 1. The molecule has 4 nitrogen and oxygen atoms in total. The van der Waals surface area contributed by atoms with Crippen LogP contribution in [-0.4, -0.2) is 12.1 Å². The van der Waals surface area contributed by atoms with Crippen LogP contribution in [0.3, 0.4) is 0 Å². The first kappa shape index (κ1) is 16.0. The number of methoxy groups -OCH3 is 1. The highest BCUT2D eigenvalue weighted by atomic mass is 35.5. The van der Waals surface area contributed by atoms with Gasteiger partial charge in [-0.25, -0.2) is 4.98 Å². The third-order valence-electron chi connectivity index (χ3n) is 3.53. The van der Waals surface area contributed by atoms with Gasteiger partial charge in [-0.2, -0.15) is 0 Å². The van der Waals surface area contributed by atoms with Gasteiger partial charge in [-0.3, -0.25) is 0 Å². The maximum Gasteiger partial charge on any atom is 0.137 e. The molecule has 0 amide bonds. The van der Waals surface area contributed by atoms with Crippen LogP contribution in [0.2, 0.25) is 10.2 Å². The van der Waals surface area contributed by atoms with Gasteiger partial charge in [-0.15, -0.1) is 0 Å². The van der Waals surface area contributed by atoms with Gasteiger partial charge in [0.2, 0.25) is 0 Å². The SMILES string of the molecule is COc1cc(C(N)[C@@](C)(N)c2ccc(Cl)nc2)ccc1Cl. The van der Waals surface area contributed by atoms with Crippen LogP contribution in [0.15, 0.2) is 36.5 Å². The van der Waals surface area contributed by atoms with E-state index >= 15 is 0 Å². The number of aromatic nitrogens is 1. The number of nitrogens with zero attached hydrogens (tertiary/aromatic N) is 1. The normalized spacial score (nSPS) is 15.3. The maximum absolute atomic E-state index is 6.41. The predicted octanol–water partition coefficient (Wildman–Crippen LogP) is 3.27. The lowest BCUT2D eigenvalue weighted by molar-refractivity contribution is 0.389. The fourth-order valence-corrected chi connectivity index (χ4v) is 2.40. The van der Waals surface area contributed by atoms with E-state index in [1.165, 1.54) is 0 Å². The van der Waals surface area contributed by atoms with Gasteiger partial charge in [0.05, 0.1) is 23.7 Å². The lowest BCUT2D eigenvalue weighted by Gasteiger charge is -2.32. The summed E-state index contributed by atoms with van der Waals surface area (Å²) in [6, 6.07) is 8.43. The highest BCUT2D eigenvalue weighted by Gasteiger charge is 2.31. The molecule has 1 heterocycles. The number of nitrogens with two attached hydrogens (primary N) is 2. The van der Waals surface area contributed by atoms with E-state index < -0.39 is 11.6 Å². The molecular formula is C15H17Cl2N3O. The van der Waals surface area contributed by atoms with E-state index in [0.717, 1.165) is 11.1 Å². The van der Waals surface area contributed by atoms with Crippen molar-refractivity contribution in [3.63, 3.8) is 0 Å². The molecule has 0 aliphatic rings. The number of ether oxygens (including phenoxy) is 1. The molecule has 0 radical (unpaired) electrons. The van der Waals surface area contributed by atoms with Crippen molar-refractivity contribution in [1.82, 2.24) is 4.98 Å². The van der Waals surface area contributed by atoms with E-state index in [4.69, 9.17) is 39.4 Å². The molecule has 1 aromatic carbocycles. The second kappa shape index (κ2) is 6.20. The molecule has 0 fully saturated rings. The highest BCUT2D eigenvalue weighted by molar-refractivity contribution is 6.32. The Kier molecular flexibility index (Phi) is 4.74. The number of halogens is 2. The van der Waals surface area contributed by atoms with Gasteiger partial charge in [-0.1, -0.05) is 35.3 Å². The van der Waals surface area contributed by atoms with E-state index in [2.05, 4.69) is 4.98 Å². The summed E-state index contributed by atoms with van der Waals surface area (Å²) in [6.07, 6.45) is 1.63. The fourth-order valence-electron chi connectivity index (χ4n) is 2.09. The van der Waals surface area contributed by atoms with Crippen LogP contribution in [0.1, 0.15) is 24.1 Å². The molecule has 0 bridgehead atoms. The summed E-state index contributed by atoms with van der Waals surface area (Å²) < 4.78 is 5.21. The van der Waals surface area contributed by atoms with Gasteiger partial charge in [0, 0.05) is 6.20 Å². The van der Waals surface area contributed by atoms with Crippen LogP contribution in [0.4, 0.5) is 0 Å². The number of rotatable bonds is 4. The van der Waals surface area contributed by atoms with Crippen molar-refractivity contribution in [2.24, 2.45) is 11.5 Å². The van der Waals surface area contributed by atoms with Crippen molar-refractivity contribution in [3.8, 4) is 5.75 Å². The first-order valence-corrected chi connectivity index (χ1v) is 7.11. The minimum Gasteiger partial charge on any atom is -0.495 e. The molecule has 6 heteroatoms. The third-order valence-corrected chi connectivity index (χ3v) is 4.07. The molecule has 0 saturated heterocycles. The zero-order valence-electron chi connectivity index (χ0n) is 11.8. The lowest BCUT2D eigenvalue weighted by atomic mass is 9.83. The Balaban J connectivity index is 2.37. The minimum atomic E-state index is -0.809. The summed E-state index contributed by atoms with van der Waals surface area (Å²) in [7, 11) is 1.56. The van der Waals surface area contributed by atoms with Crippen molar-refractivity contribution < 1.29 is 4.74 Å². The third kappa shape index (κ3) is 3.30. The molecule has 2 rings (SSSR count). The van der Waals surface area contributed by atoms with Gasteiger partial charge >= 0.3 is 0 Å². The molecule has 0 aliphatic heterocycles. The van der Waals surface area contributed by atoms with Gasteiger partial charge in [-0.05, 0) is 36.2 Å². The van der Waals surface area contributed by atoms with Crippen LogP contribution in [0.25, 0.3) is 0 Å². The van der Waals surface area contributed by atoms with Crippen LogP contribution >= 0.6 is 23.2 Å². The van der Waals surface area contributed by atoms with Gasteiger partial charge in [0.25, 0.3) is 0 Å².